The third-order valence-corrected chi connectivity index (χ3v) is 5.47. The summed E-state index contributed by atoms with van der Waals surface area (Å²) in [5.41, 5.74) is 1.63. The highest BCUT2D eigenvalue weighted by Gasteiger charge is 2.31. The predicted octanol–water partition coefficient (Wildman–Crippen LogP) is 3.05. The Balaban J connectivity index is 1.37. The highest BCUT2D eigenvalue weighted by atomic mass is 16.4. The summed E-state index contributed by atoms with van der Waals surface area (Å²) in [4.78, 5) is 42.1. The Labute approximate surface area is 167 Å². The number of benzene rings is 1. The number of carbonyl (C=O) groups is 3. The predicted molar refractivity (Wildman–Crippen MR) is 104 cm³/mol. The van der Waals surface area contributed by atoms with Crippen molar-refractivity contribution < 1.29 is 23.9 Å². The van der Waals surface area contributed by atoms with Crippen molar-refractivity contribution in [2.45, 2.75) is 38.5 Å². The molecule has 2 fully saturated rings. The molecule has 0 atom stereocenters. The van der Waals surface area contributed by atoms with Crippen LogP contribution in [-0.2, 0) is 4.79 Å². The molecular formula is C21H23N3O5. The van der Waals surface area contributed by atoms with E-state index in [4.69, 9.17) is 9.52 Å². The number of carboxylic acid groups (broad SMARTS) is 1. The standard InChI is InChI=1S/C21H23N3O5/c1-12-17(29-19(22-12)13-2-3-13)18(25)23-16-6-4-14(5-7-16)20(26)24-10-8-15(9-11-24)21(27)28/h4-7,13,15H,2-3,8-11H2,1H3,(H,23,25)(H,27,28). The van der Waals surface area contributed by atoms with Gasteiger partial charge in [-0.2, -0.15) is 0 Å². The molecule has 2 amide bonds. The van der Waals surface area contributed by atoms with Crippen LogP contribution < -0.4 is 5.32 Å². The Bertz CT molecular complexity index is 938. The van der Waals surface area contributed by atoms with Crippen LogP contribution >= 0.6 is 0 Å². The second kappa shape index (κ2) is 7.69. The van der Waals surface area contributed by atoms with Gasteiger partial charge in [0.25, 0.3) is 11.8 Å². The van der Waals surface area contributed by atoms with Crippen LogP contribution in [0.4, 0.5) is 5.69 Å². The zero-order chi connectivity index (χ0) is 20.5. The van der Waals surface area contributed by atoms with Gasteiger partial charge in [0.15, 0.2) is 5.89 Å². The molecule has 1 aliphatic carbocycles. The number of nitrogens with zero attached hydrogens (tertiary/aromatic N) is 2. The highest BCUT2D eigenvalue weighted by Crippen LogP contribution is 2.40. The number of carboxylic acids is 1. The van der Waals surface area contributed by atoms with E-state index in [0.717, 1.165) is 12.8 Å². The molecule has 8 nitrogen and oxygen atoms in total. The summed E-state index contributed by atoms with van der Waals surface area (Å²) in [7, 11) is 0. The molecule has 0 bridgehead atoms. The van der Waals surface area contributed by atoms with Crippen molar-refractivity contribution in [1.29, 1.82) is 0 Å². The van der Waals surface area contributed by atoms with Crippen molar-refractivity contribution in [3.05, 3.63) is 47.2 Å². The van der Waals surface area contributed by atoms with E-state index in [1.165, 1.54) is 0 Å². The molecule has 1 aliphatic heterocycles. The number of likely N-dealkylation sites (tertiary alicyclic amines) is 1. The molecule has 1 saturated heterocycles. The quantitative estimate of drug-likeness (QED) is 0.802. The van der Waals surface area contributed by atoms with Gasteiger partial charge < -0.3 is 19.7 Å². The summed E-state index contributed by atoms with van der Waals surface area (Å²) in [5, 5.41) is 11.8. The Morgan fingerprint density at radius 2 is 1.76 bits per heavy atom. The van der Waals surface area contributed by atoms with Crippen molar-refractivity contribution in [2.24, 2.45) is 5.92 Å². The molecule has 2 heterocycles. The number of amides is 2. The molecule has 1 saturated carbocycles. The fraction of sp³-hybridized carbons (Fsp3) is 0.429. The largest absolute Gasteiger partial charge is 0.481 e. The molecule has 0 radical (unpaired) electrons. The van der Waals surface area contributed by atoms with Crippen LogP contribution in [0.3, 0.4) is 0 Å². The first kappa shape index (κ1) is 19.2. The molecule has 2 N–H and O–H groups in total. The summed E-state index contributed by atoms with van der Waals surface area (Å²) in [6, 6.07) is 6.65. The number of aryl methyl sites for hydroxylation is 1. The normalized spacial score (nSPS) is 17.2. The van der Waals surface area contributed by atoms with Crippen molar-refractivity contribution >= 4 is 23.5 Å². The number of hydrogen-bond acceptors (Lipinski definition) is 5. The molecule has 29 heavy (non-hydrogen) atoms. The fourth-order valence-corrected chi connectivity index (χ4v) is 3.53. The zero-order valence-electron chi connectivity index (χ0n) is 16.2. The van der Waals surface area contributed by atoms with E-state index in [0.29, 0.717) is 54.7 Å². The van der Waals surface area contributed by atoms with Gasteiger partial charge in [0, 0.05) is 30.3 Å². The molecule has 4 rings (SSSR count). The number of carbonyl (C=O) groups excluding carboxylic acids is 2. The van der Waals surface area contributed by atoms with E-state index in [-0.39, 0.29) is 23.5 Å². The van der Waals surface area contributed by atoms with Gasteiger partial charge in [0.2, 0.25) is 5.76 Å². The monoisotopic (exact) mass is 397 g/mol. The lowest BCUT2D eigenvalue weighted by Gasteiger charge is -2.30. The molecule has 2 aliphatic rings. The molecule has 8 heteroatoms. The smallest absolute Gasteiger partial charge is 0.306 e. The third kappa shape index (κ3) is 4.16. The van der Waals surface area contributed by atoms with E-state index in [1.807, 2.05) is 0 Å². The van der Waals surface area contributed by atoms with Crippen LogP contribution in [0.25, 0.3) is 0 Å². The van der Waals surface area contributed by atoms with Gasteiger partial charge in [0.05, 0.1) is 11.6 Å². The van der Waals surface area contributed by atoms with Crippen LogP contribution in [0.1, 0.15) is 64.1 Å². The van der Waals surface area contributed by atoms with Crippen LogP contribution in [0.5, 0.6) is 0 Å². The topological polar surface area (TPSA) is 113 Å². The van der Waals surface area contributed by atoms with E-state index in [2.05, 4.69) is 10.3 Å². The van der Waals surface area contributed by atoms with Crippen LogP contribution in [0.2, 0.25) is 0 Å². The van der Waals surface area contributed by atoms with Gasteiger partial charge in [-0.3, -0.25) is 14.4 Å². The van der Waals surface area contributed by atoms with Crippen molar-refractivity contribution in [3.63, 3.8) is 0 Å². The summed E-state index contributed by atoms with van der Waals surface area (Å²) >= 11 is 0. The SMILES string of the molecule is Cc1nc(C2CC2)oc1C(=O)Nc1ccc(C(=O)N2CCC(C(=O)O)CC2)cc1. The number of anilines is 1. The van der Waals surface area contributed by atoms with Crippen molar-refractivity contribution in [3.8, 4) is 0 Å². The first-order valence-electron chi connectivity index (χ1n) is 9.83. The molecular weight excluding hydrogens is 374 g/mol. The van der Waals surface area contributed by atoms with Crippen molar-refractivity contribution in [2.75, 3.05) is 18.4 Å². The summed E-state index contributed by atoms with van der Waals surface area (Å²) in [6.07, 6.45) is 3.03. The summed E-state index contributed by atoms with van der Waals surface area (Å²) in [6.45, 7) is 2.62. The molecule has 152 valence electrons. The van der Waals surface area contributed by atoms with Gasteiger partial charge in [-0.25, -0.2) is 4.98 Å². The number of aliphatic carboxylic acids is 1. The van der Waals surface area contributed by atoms with E-state index in [9.17, 15) is 14.4 Å². The lowest BCUT2D eigenvalue weighted by Crippen LogP contribution is -2.40. The Kier molecular flexibility index (Phi) is 5.08. The summed E-state index contributed by atoms with van der Waals surface area (Å²) in [5.74, 6) is -0.502. The van der Waals surface area contributed by atoms with E-state index in [1.54, 1.807) is 36.1 Å². The lowest BCUT2D eigenvalue weighted by molar-refractivity contribution is -0.143. The maximum absolute atomic E-state index is 12.6. The first-order valence-corrected chi connectivity index (χ1v) is 9.83. The van der Waals surface area contributed by atoms with Gasteiger partial charge in [-0.15, -0.1) is 0 Å². The average molecular weight is 397 g/mol. The highest BCUT2D eigenvalue weighted by molar-refractivity contribution is 6.03. The first-order chi connectivity index (χ1) is 13.9. The average Bonchev–Trinajstić information content (AvgIpc) is 3.50. The van der Waals surface area contributed by atoms with Gasteiger partial charge >= 0.3 is 5.97 Å². The Morgan fingerprint density at radius 3 is 2.34 bits per heavy atom. The number of nitrogens with one attached hydrogen (secondary N) is 1. The minimum atomic E-state index is -0.802. The number of rotatable bonds is 5. The second-order valence-electron chi connectivity index (χ2n) is 7.68. The molecule has 0 spiro atoms. The lowest BCUT2D eigenvalue weighted by atomic mass is 9.96. The summed E-state index contributed by atoms with van der Waals surface area (Å²) < 4.78 is 5.61. The maximum Gasteiger partial charge on any atom is 0.306 e. The van der Waals surface area contributed by atoms with Crippen LogP contribution in [-0.4, -0.2) is 45.9 Å². The number of oxazole rings is 1. The third-order valence-electron chi connectivity index (χ3n) is 5.47. The number of piperidine rings is 1. The Hall–Kier alpha value is -3.16. The second-order valence-corrected chi connectivity index (χ2v) is 7.68. The number of aromatic nitrogens is 1. The maximum atomic E-state index is 12.6. The molecule has 1 aromatic carbocycles. The van der Waals surface area contributed by atoms with Crippen molar-refractivity contribution in [1.82, 2.24) is 9.88 Å². The minimum absolute atomic E-state index is 0.133. The zero-order valence-corrected chi connectivity index (χ0v) is 16.2. The number of hydrogen-bond donors (Lipinski definition) is 2. The molecule has 1 aromatic heterocycles. The minimum Gasteiger partial charge on any atom is -0.481 e. The molecule has 0 unspecified atom stereocenters. The van der Waals surface area contributed by atoms with E-state index >= 15 is 0 Å². The van der Waals surface area contributed by atoms with Crippen LogP contribution in [0, 0.1) is 12.8 Å². The van der Waals surface area contributed by atoms with E-state index < -0.39 is 5.97 Å². The molecule has 2 aromatic rings. The van der Waals surface area contributed by atoms with Gasteiger partial charge in [-0.1, -0.05) is 0 Å². The van der Waals surface area contributed by atoms with Gasteiger partial charge in [0.1, 0.15) is 0 Å². The fourth-order valence-electron chi connectivity index (χ4n) is 3.53. The van der Waals surface area contributed by atoms with Crippen LogP contribution in [0.15, 0.2) is 28.7 Å². The Morgan fingerprint density at radius 1 is 1.10 bits per heavy atom. The van der Waals surface area contributed by atoms with Gasteiger partial charge in [-0.05, 0) is 56.9 Å².